The van der Waals surface area contributed by atoms with Crippen LogP contribution in [0.1, 0.15) is 22.3 Å². The summed E-state index contributed by atoms with van der Waals surface area (Å²) in [6.07, 6.45) is 0.304. The molecule has 0 radical (unpaired) electrons. The van der Waals surface area contributed by atoms with Gasteiger partial charge in [0.05, 0.1) is 16.8 Å². The van der Waals surface area contributed by atoms with Crippen molar-refractivity contribution in [1.29, 1.82) is 5.26 Å². The molecule has 0 aliphatic rings. The minimum absolute atomic E-state index is 0.0694. The van der Waals surface area contributed by atoms with Crippen LogP contribution < -0.4 is 10.2 Å². The zero-order valence-electron chi connectivity index (χ0n) is 10.8. The van der Waals surface area contributed by atoms with Crippen LogP contribution in [-0.2, 0) is 4.79 Å². The summed E-state index contributed by atoms with van der Waals surface area (Å²) >= 11 is 0. The molecule has 0 bridgehead atoms. The molecule has 0 aliphatic carbocycles. The van der Waals surface area contributed by atoms with Gasteiger partial charge in [-0.3, -0.25) is 4.79 Å². The largest absolute Gasteiger partial charge is 0.478 e. The fourth-order valence-electron chi connectivity index (χ4n) is 1.61. The predicted molar refractivity (Wildman–Crippen MR) is 70.1 cm³/mol. The van der Waals surface area contributed by atoms with E-state index < -0.39 is 5.97 Å². The first-order chi connectivity index (χ1) is 8.99. The lowest BCUT2D eigenvalue weighted by molar-refractivity contribution is -0.120. The summed E-state index contributed by atoms with van der Waals surface area (Å²) in [5.74, 6) is -1.16. The van der Waals surface area contributed by atoms with Crippen molar-refractivity contribution < 1.29 is 14.7 Å². The Morgan fingerprint density at radius 1 is 1.47 bits per heavy atom. The normalized spacial score (nSPS) is 9.53. The van der Waals surface area contributed by atoms with E-state index in [1.165, 1.54) is 12.1 Å². The maximum atomic E-state index is 11.2. The number of anilines is 1. The summed E-state index contributed by atoms with van der Waals surface area (Å²) in [4.78, 5) is 23.7. The van der Waals surface area contributed by atoms with Gasteiger partial charge in [0.25, 0.3) is 0 Å². The summed E-state index contributed by atoms with van der Waals surface area (Å²) < 4.78 is 0. The molecule has 0 saturated heterocycles. The van der Waals surface area contributed by atoms with Crippen LogP contribution in [0.25, 0.3) is 0 Å². The molecule has 0 saturated carbocycles. The van der Waals surface area contributed by atoms with Crippen LogP contribution in [0.3, 0.4) is 0 Å². The highest BCUT2D eigenvalue weighted by Crippen LogP contribution is 2.20. The summed E-state index contributed by atoms with van der Waals surface area (Å²) in [6, 6.07) is 6.31. The van der Waals surface area contributed by atoms with Crippen LogP contribution in [0.4, 0.5) is 5.69 Å². The van der Waals surface area contributed by atoms with E-state index in [4.69, 9.17) is 10.4 Å². The summed E-state index contributed by atoms with van der Waals surface area (Å²) in [6.45, 7) is 0.445. The lowest BCUT2D eigenvalue weighted by atomic mass is 10.1. The van der Waals surface area contributed by atoms with Crippen LogP contribution in [0.2, 0.25) is 0 Å². The molecule has 2 N–H and O–H groups in total. The number of aromatic carboxylic acids is 1. The van der Waals surface area contributed by atoms with Crippen molar-refractivity contribution in [3.05, 3.63) is 29.3 Å². The third-order valence-corrected chi connectivity index (χ3v) is 2.73. The number of carbonyl (C=O) groups excluding carboxylic acids is 1. The van der Waals surface area contributed by atoms with Crippen LogP contribution in [-0.4, -0.2) is 37.6 Å². The fraction of sp³-hybridized carbons (Fsp3) is 0.308. The van der Waals surface area contributed by atoms with Gasteiger partial charge in [-0.25, -0.2) is 4.79 Å². The van der Waals surface area contributed by atoms with Gasteiger partial charge in [-0.05, 0) is 18.2 Å². The number of nitrogens with zero attached hydrogens (tertiary/aromatic N) is 2. The number of amides is 1. The summed E-state index contributed by atoms with van der Waals surface area (Å²) in [5.41, 5.74) is 0.954. The first-order valence-electron chi connectivity index (χ1n) is 5.68. The molecule has 0 atom stereocenters. The molecule has 0 fully saturated rings. The molecule has 0 unspecified atom stereocenters. The maximum Gasteiger partial charge on any atom is 0.335 e. The van der Waals surface area contributed by atoms with E-state index >= 15 is 0 Å². The Balaban J connectivity index is 2.91. The fourth-order valence-corrected chi connectivity index (χ4v) is 1.61. The molecular weight excluding hydrogens is 246 g/mol. The van der Waals surface area contributed by atoms with Crippen molar-refractivity contribution in [3.63, 3.8) is 0 Å². The van der Waals surface area contributed by atoms with Gasteiger partial charge in [0.1, 0.15) is 6.07 Å². The zero-order chi connectivity index (χ0) is 14.4. The van der Waals surface area contributed by atoms with Gasteiger partial charge >= 0.3 is 5.97 Å². The lowest BCUT2D eigenvalue weighted by Gasteiger charge is -2.20. The summed E-state index contributed by atoms with van der Waals surface area (Å²) in [5, 5.41) is 20.4. The molecule has 6 nitrogen and oxygen atoms in total. The monoisotopic (exact) mass is 261 g/mol. The second-order valence-corrected chi connectivity index (χ2v) is 3.99. The van der Waals surface area contributed by atoms with Crippen LogP contribution >= 0.6 is 0 Å². The highest BCUT2D eigenvalue weighted by atomic mass is 16.4. The predicted octanol–water partition coefficient (Wildman–Crippen LogP) is 0.829. The second-order valence-electron chi connectivity index (χ2n) is 3.99. The highest BCUT2D eigenvalue weighted by Gasteiger charge is 2.12. The maximum absolute atomic E-state index is 11.2. The molecule has 1 aromatic rings. The van der Waals surface area contributed by atoms with E-state index in [1.807, 2.05) is 6.07 Å². The highest BCUT2D eigenvalue weighted by molar-refractivity contribution is 5.89. The minimum Gasteiger partial charge on any atom is -0.478 e. The van der Waals surface area contributed by atoms with E-state index in [0.29, 0.717) is 18.7 Å². The standard InChI is InChI=1S/C13H15N3O3/c1-15-12(17)5-6-16(2)11-4-3-9(13(18)19)7-10(11)8-14/h3-4,7H,5-6H2,1-2H3,(H,15,17)(H,18,19). The van der Waals surface area contributed by atoms with Gasteiger partial charge in [0.2, 0.25) is 5.91 Å². The topological polar surface area (TPSA) is 93.4 Å². The van der Waals surface area contributed by atoms with Crippen LogP contribution in [0.15, 0.2) is 18.2 Å². The van der Waals surface area contributed by atoms with Crippen molar-refractivity contribution >= 4 is 17.6 Å². The number of carbonyl (C=O) groups is 2. The number of benzene rings is 1. The van der Waals surface area contributed by atoms with Gasteiger partial charge in [-0.2, -0.15) is 5.26 Å². The van der Waals surface area contributed by atoms with E-state index in [2.05, 4.69) is 5.32 Å². The SMILES string of the molecule is CNC(=O)CCN(C)c1ccc(C(=O)O)cc1C#N. The van der Waals surface area contributed by atoms with Crippen molar-refractivity contribution in [3.8, 4) is 6.07 Å². The third kappa shape index (κ3) is 3.71. The van der Waals surface area contributed by atoms with E-state index in [-0.39, 0.29) is 17.0 Å². The molecule has 6 heteroatoms. The van der Waals surface area contributed by atoms with Gasteiger partial charge in [0.15, 0.2) is 0 Å². The lowest BCUT2D eigenvalue weighted by Crippen LogP contribution is -2.26. The third-order valence-electron chi connectivity index (χ3n) is 2.73. The number of rotatable bonds is 5. The smallest absolute Gasteiger partial charge is 0.335 e. The molecular formula is C13H15N3O3. The van der Waals surface area contributed by atoms with Crippen LogP contribution in [0, 0.1) is 11.3 Å². The number of carboxylic acids is 1. The average molecular weight is 261 g/mol. The van der Waals surface area contributed by atoms with Gasteiger partial charge in [-0.15, -0.1) is 0 Å². The van der Waals surface area contributed by atoms with E-state index in [1.54, 1.807) is 25.1 Å². The molecule has 0 spiro atoms. The summed E-state index contributed by atoms with van der Waals surface area (Å²) in [7, 11) is 3.31. The number of nitriles is 1. The average Bonchev–Trinajstić information content (AvgIpc) is 2.43. The molecule has 1 amide bonds. The molecule has 19 heavy (non-hydrogen) atoms. The first kappa shape index (κ1) is 14.5. The molecule has 100 valence electrons. The Bertz CT molecular complexity index is 534. The first-order valence-corrected chi connectivity index (χ1v) is 5.68. The second kappa shape index (κ2) is 6.40. The molecule has 0 aromatic heterocycles. The number of nitrogens with one attached hydrogen (secondary N) is 1. The quantitative estimate of drug-likeness (QED) is 0.818. The molecule has 0 heterocycles. The van der Waals surface area contributed by atoms with Crippen molar-refractivity contribution in [2.75, 3.05) is 25.5 Å². The van der Waals surface area contributed by atoms with Crippen molar-refractivity contribution in [1.82, 2.24) is 5.32 Å². The Labute approximate surface area is 111 Å². The van der Waals surface area contributed by atoms with Gasteiger partial charge < -0.3 is 15.3 Å². The zero-order valence-corrected chi connectivity index (χ0v) is 10.8. The Morgan fingerprint density at radius 2 is 2.16 bits per heavy atom. The molecule has 1 rings (SSSR count). The number of carboxylic acid groups (broad SMARTS) is 1. The van der Waals surface area contributed by atoms with E-state index in [9.17, 15) is 9.59 Å². The van der Waals surface area contributed by atoms with Gasteiger partial charge in [0, 0.05) is 27.1 Å². The van der Waals surface area contributed by atoms with Crippen molar-refractivity contribution in [2.24, 2.45) is 0 Å². The Kier molecular flexibility index (Phi) is 4.89. The number of hydrogen-bond acceptors (Lipinski definition) is 4. The molecule has 0 aliphatic heterocycles. The minimum atomic E-state index is -1.07. The Hall–Kier alpha value is -2.55. The van der Waals surface area contributed by atoms with Crippen LogP contribution in [0.5, 0.6) is 0 Å². The Morgan fingerprint density at radius 3 is 2.68 bits per heavy atom. The van der Waals surface area contributed by atoms with Crippen molar-refractivity contribution in [2.45, 2.75) is 6.42 Å². The van der Waals surface area contributed by atoms with Gasteiger partial charge in [-0.1, -0.05) is 0 Å². The van der Waals surface area contributed by atoms with E-state index in [0.717, 1.165) is 0 Å². The number of hydrogen-bond donors (Lipinski definition) is 2. The molecule has 1 aromatic carbocycles.